The van der Waals surface area contributed by atoms with E-state index in [2.05, 4.69) is 3.53 Å². The summed E-state index contributed by atoms with van der Waals surface area (Å²) >= 11 is 1.92. The van der Waals surface area contributed by atoms with Crippen molar-refractivity contribution >= 4 is 28.8 Å². The predicted octanol–water partition coefficient (Wildman–Crippen LogP) is 1.15. The van der Waals surface area contributed by atoms with E-state index in [1.807, 2.05) is 53.2 Å². The molecule has 0 aromatic heterocycles. The summed E-state index contributed by atoms with van der Waals surface area (Å²) in [5.74, 6) is -0.365. The Morgan fingerprint density at radius 2 is 2.00 bits per heavy atom. The highest BCUT2D eigenvalue weighted by atomic mass is 127. The van der Waals surface area contributed by atoms with Crippen LogP contribution in [0.5, 0.6) is 0 Å². The molecule has 0 spiro atoms. The fraction of sp³-hybridized carbons (Fsp3) is 0.125. The van der Waals surface area contributed by atoms with Crippen molar-refractivity contribution in [1.29, 1.82) is 0 Å². The third kappa shape index (κ3) is 2.18. The van der Waals surface area contributed by atoms with Crippen LogP contribution in [0.2, 0.25) is 0 Å². The van der Waals surface area contributed by atoms with Gasteiger partial charge in [-0.2, -0.15) is 0 Å². The summed E-state index contributed by atoms with van der Waals surface area (Å²) in [5.41, 5.74) is 6.06. The Morgan fingerprint density at radius 3 is 2.42 bits per heavy atom. The van der Waals surface area contributed by atoms with Crippen LogP contribution in [0.3, 0.4) is 0 Å². The van der Waals surface area contributed by atoms with Gasteiger partial charge in [0.05, 0.1) is 0 Å². The van der Waals surface area contributed by atoms with Crippen molar-refractivity contribution in [1.82, 2.24) is 3.53 Å². The van der Waals surface area contributed by atoms with Gasteiger partial charge >= 0.3 is 0 Å². The quantitative estimate of drug-likeness (QED) is 0.642. The number of hydrogen-bond acceptors (Lipinski definition) is 2. The second kappa shape index (κ2) is 4.42. The van der Waals surface area contributed by atoms with E-state index in [1.54, 1.807) is 0 Å². The van der Waals surface area contributed by atoms with Gasteiger partial charge < -0.3 is 5.73 Å². The Balaban J connectivity index is 2.88. The summed E-state index contributed by atoms with van der Waals surface area (Å²) < 4.78 is 2.81. The molecule has 0 bridgehead atoms. The molecule has 0 saturated heterocycles. The van der Waals surface area contributed by atoms with Crippen molar-refractivity contribution in [2.45, 2.75) is 6.04 Å². The summed E-state index contributed by atoms with van der Waals surface area (Å²) in [4.78, 5) is 10.9. The molecule has 0 saturated carbocycles. The highest BCUT2D eigenvalue weighted by Crippen LogP contribution is 2.12. The first kappa shape index (κ1) is 9.47. The molecule has 3 N–H and O–H groups in total. The number of primary amides is 1. The zero-order valence-electron chi connectivity index (χ0n) is 6.33. The van der Waals surface area contributed by atoms with E-state index in [0.29, 0.717) is 0 Å². The SMILES string of the molecule is NC(=O)C(NI)c1ccccc1. The molecule has 0 radical (unpaired) electrons. The van der Waals surface area contributed by atoms with Gasteiger partial charge in [0.2, 0.25) is 5.91 Å². The van der Waals surface area contributed by atoms with Crippen LogP contribution in [0.15, 0.2) is 30.3 Å². The minimum atomic E-state index is -0.396. The van der Waals surface area contributed by atoms with Gasteiger partial charge in [0.15, 0.2) is 0 Å². The second-order valence-electron chi connectivity index (χ2n) is 2.36. The molecular weight excluding hydrogens is 267 g/mol. The number of rotatable bonds is 3. The number of carbonyl (C=O) groups excluding carboxylic acids is 1. The molecule has 0 aliphatic carbocycles. The van der Waals surface area contributed by atoms with Gasteiger partial charge in [0.1, 0.15) is 6.04 Å². The van der Waals surface area contributed by atoms with Crippen molar-refractivity contribution in [3.8, 4) is 0 Å². The maximum Gasteiger partial charge on any atom is 0.239 e. The van der Waals surface area contributed by atoms with Crippen LogP contribution in [-0.2, 0) is 4.79 Å². The van der Waals surface area contributed by atoms with Crippen LogP contribution < -0.4 is 9.26 Å². The minimum absolute atomic E-state index is 0.365. The van der Waals surface area contributed by atoms with E-state index < -0.39 is 6.04 Å². The van der Waals surface area contributed by atoms with Gasteiger partial charge in [-0.3, -0.25) is 4.79 Å². The first-order valence-electron chi connectivity index (χ1n) is 3.46. The lowest BCUT2D eigenvalue weighted by Crippen LogP contribution is -2.28. The van der Waals surface area contributed by atoms with Crippen molar-refractivity contribution in [2.24, 2.45) is 5.73 Å². The van der Waals surface area contributed by atoms with Gasteiger partial charge in [-0.05, 0) is 5.56 Å². The monoisotopic (exact) mass is 276 g/mol. The van der Waals surface area contributed by atoms with Crippen LogP contribution in [0.4, 0.5) is 0 Å². The van der Waals surface area contributed by atoms with Crippen LogP contribution in [0.25, 0.3) is 0 Å². The number of nitrogens with one attached hydrogen (secondary N) is 1. The van der Waals surface area contributed by atoms with E-state index in [0.717, 1.165) is 5.56 Å². The summed E-state index contributed by atoms with van der Waals surface area (Å²) in [6.45, 7) is 0. The summed E-state index contributed by atoms with van der Waals surface area (Å²) in [7, 11) is 0. The van der Waals surface area contributed by atoms with Crippen LogP contribution in [0.1, 0.15) is 11.6 Å². The van der Waals surface area contributed by atoms with Crippen molar-refractivity contribution in [2.75, 3.05) is 0 Å². The highest BCUT2D eigenvalue weighted by molar-refractivity contribution is 14.1. The molecule has 1 unspecified atom stereocenters. The van der Waals surface area contributed by atoms with Crippen LogP contribution in [-0.4, -0.2) is 5.91 Å². The fourth-order valence-corrected chi connectivity index (χ4v) is 1.59. The lowest BCUT2D eigenvalue weighted by atomic mass is 10.1. The second-order valence-corrected chi connectivity index (χ2v) is 2.98. The number of amides is 1. The Bertz CT molecular complexity index is 263. The lowest BCUT2D eigenvalue weighted by molar-refractivity contribution is -0.119. The Labute approximate surface area is 84.8 Å². The zero-order chi connectivity index (χ0) is 8.97. The van der Waals surface area contributed by atoms with Crippen LogP contribution in [0, 0.1) is 0 Å². The van der Waals surface area contributed by atoms with Gasteiger partial charge in [-0.25, -0.2) is 3.53 Å². The molecule has 0 aliphatic heterocycles. The van der Waals surface area contributed by atoms with Gasteiger partial charge in [-0.15, -0.1) is 0 Å². The maximum absolute atomic E-state index is 10.9. The Hall–Kier alpha value is -0.620. The number of hydrogen-bond donors (Lipinski definition) is 2. The molecule has 0 fully saturated rings. The van der Waals surface area contributed by atoms with E-state index in [9.17, 15) is 4.79 Å². The Morgan fingerprint density at radius 1 is 1.42 bits per heavy atom. The first-order valence-corrected chi connectivity index (χ1v) is 4.54. The smallest absolute Gasteiger partial charge is 0.239 e. The van der Waals surface area contributed by atoms with E-state index >= 15 is 0 Å². The number of nitrogens with two attached hydrogens (primary N) is 1. The van der Waals surface area contributed by atoms with Gasteiger partial charge in [0.25, 0.3) is 0 Å². The predicted molar refractivity (Wildman–Crippen MR) is 55.5 cm³/mol. The summed E-state index contributed by atoms with van der Waals surface area (Å²) in [6.07, 6.45) is 0. The first-order chi connectivity index (χ1) is 5.75. The third-order valence-corrected chi connectivity index (χ3v) is 2.15. The third-order valence-electron chi connectivity index (χ3n) is 1.53. The van der Waals surface area contributed by atoms with Gasteiger partial charge in [0, 0.05) is 22.9 Å². The largest absolute Gasteiger partial charge is 0.368 e. The number of halogens is 1. The molecule has 1 rings (SSSR count). The molecule has 3 nitrogen and oxygen atoms in total. The lowest BCUT2D eigenvalue weighted by Gasteiger charge is -2.10. The summed E-state index contributed by atoms with van der Waals surface area (Å²) in [5, 5.41) is 0. The van der Waals surface area contributed by atoms with Gasteiger partial charge in [-0.1, -0.05) is 30.3 Å². The average Bonchev–Trinajstić information content (AvgIpc) is 2.07. The average molecular weight is 276 g/mol. The molecule has 4 heteroatoms. The van der Waals surface area contributed by atoms with E-state index in [-0.39, 0.29) is 5.91 Å². The zero-order valence-corrected chi connectivity index (χ0v) is 8.49. The van der Waals surface area contributed by atoms with Crippen LogP contribution >= 0.6 is 22.9 Å². The molecule has 64 valence electrons. The number of carbonyl (C=O) groups is 1. The standard InChI is InChI=1S/C8H9IN2O/c9-11-7(8(10)12)6-4-2-1-3-5-6/h1-5,7,11H,(H2,10,12). The van der Waals surface area contributed by atoms with Crippen molar-refractivity contribution < 1.29 is 4.79 Å². The summed E-state index contributed by atoms with van der Waals surface area (Å²) in [6, 6.07) is 8.97. The molecule has 1 aromatic rings. The van der Waals surface area contributed by atoms with E-state index in [4.69, 9.17) is 5.73 Å². The molecule has 1 aromatic carbocycles. The topological polar surface area (TPSA) is 55.1 Å². The molecule has 1 amide bonds. The molecule has 12 heavy (non-hydrogen) atoms. The maximum atomic E-state index is 10.9. The normalized spacial score (nSPS) is 12.4. The number of benzene rings is 1. The molecule has 1 atom stereocenters. The minimum Gasteiger partial charge on any atom is -0.368 e. The molecular formula is C8H9IN2O. The van der Waals surface area contributed by atoms with Crippen molar-refractivity contribution in [3.05, 3.63) is 35.9 Å². The molecule has 0 heterocycles. The molecule has 0 aliphatic rings. The van der Waals surface area contributed by atoms with E-state index in [1.165, 1.54) is 0 Å². The highest BCUT2D eigenvalue weighted by Gasteiger charge is 2.14. The van der Waals surface area contributed by atoms with Crippen molar-refractivity contribution in [3.63, 3.8) is 0 Å². The Kier molecular flexibility index (Phi) is 3.48. The fourth-order valence-electron chi connectivity index (χ4n) is 0.927.